The molecule has 0 aromatic heterocycles. The normalized spacial score (nSPS) is 24.9. The van der Waals surface area contributed by atoms with Crippen LogP contribution in [-0.2, 0) is 16.6 Å². The minimum atomic E-state index is -0.163. The van der Waals surface area contributed by atoms with Gasteiger partial charge in [0, 0.05) is 12.5 Å². The van der Waals surface area contributed by atoms with Crippen molar-refractivity contribution in [2.45, 2.75) is 24.7 Å². The molecule has 0 bridgehead atoms. The zero-order valence-electron chi connectivity index (χ0n) is 9.20. The first-order chi connectivity index (χ1) is 7.32. The zero-order chi connectivity index (χ0) is 10.7. The molecule has 1 aliphatic rings. The second-order valence-corrected chi connectivity index (χ2v) is 4.38. The van der Waals surface area contributed by atoms with Crippen LogP contribution in [0.1, 0.15) is 24.0 Å². The summed E-state index contributed by atoms with van der Waals surface area (Å²) < 4.78 is 5.27. The van der Waals surface area contributed by atoms with Crippen molar-refractivity contribution in [2.75, 3.05) is 20.3 Å². The Labute approximate surface area is 90.9 Å². The van der Waals surface area contributed by atoms with Gasteiger partial charge in [-0.25, -0.2) is 0 Å². The van der Waals surface area contributed by atoms with E-state index in [-0.39, 0.29) is 12.0 Å². The first kappa shape index (κ1) is 10.7. The number of aliphatic hydroxyl groups excluding tert-OH is 1. The van der Waals surface area contributed by atoms with Crippen LogP contribution in [-0.4, -0.2) is 25.4 Å². The highest BCUT2D eigenvalue weighted by molar-refractivity contribution is 5.37. The third-order valence-corrected chi connectivity index (χ3v) is 3.41. The maximum atomic E-state index is 9.64. The van der Waals surface area contributed by atoms with Gasteiger partial charge in [0.2, 0.25) is 0 Å². The molecule has 0 saturated carbocycles. The minimum Gasteiger partial charge on any atom is -0.395 e. The summed E-state index contributed by atoms with van der Waals surface area (Å²) in [5.41, 5.74) is 2.49. The molecule has 2 heteroatoms. The largest absolute Gasteiger partial charge is 0.395 e. The number of hydrogen-bond donors (Lipinski definition) is 1. The molecule has 1 atom stereocenters. The van der Waals surface area contributed by atoms with Crippen LogP contribution in [0.2, 0.25) is 0 Å². The summed E-state index contributed by atoms with van der Waals surface area (Å²) in [6.45, 7) is 0.790. The Morgan fingerprint density at radius 1 is 1.40 bits per heavy atom. The summed E-state index contributed by atoms with van der Waals surface area (Å²) in [5.74, 6) is 0. The van der Waals surface area contributed by atoms with Gasteiger partial charge >= 0.3 is 0 Å². The van der Waals surface area contributed by atoms with E-state index in [1.54, 1.807) is 7.11 Å². The predicted molar refractivity (Wildman–Crippen MR) is 60.0 cm³/mol. The summed E-state index contributed by atoms with van der Waals surface area (Å²) in [5, 5.41) is 9.64. The van der Waals surface area contributed by atoms with Crippen LogP contribution in [0.25, 0.3) is 0 Å². The Hall–Kier alpha value is -0.860. The number of fused-ring (bicyclic) bond motifs is 1. The van der Waals surface area contributed by atoms with Crippen molar-refractivity contribution in [1.82, 2.24) is 0 Å². The fraction of sp³-hybridized carbons (Fsp3) is 0.538. The average molecular weight is 206 g/mol. The third-order valence-electron chi connectivity index (χ3n) is 3.41. The Morgan fingerprint density at radius 2 is 2.20 bits per heavy atom. The molecule has 0 heterocycles. The number of methoxy groups -OCH3 is 1. The van der Waals surface area contributed by atoms with Gasteiger partial charge in [-0.2, -0.15) is 0 Å². The SMILES string of the molecule is COCC1(CO)CCCc2ccccc21. The molecule has 0 fully saturated rings. The fourth-order valence-electron chi connectivity index (χ4n) is 2.64. The molecule has 2 rings (SSSR count). The van der Waals surface area contributed by atoms with E-state index in [9.17, 15) is 5.11 Å². The van der Waals surface area contributed by atoms with Crippen LogP contribution < -0.4 is 0 Å². The van der Waals surface area contributed by atoms with Gasteiger partial charge < -0.3 is 9.84 Å². The van der Waals surface area contributed by atoms with Crippen molar-refractivity contribution in [2.24, 2.45) is 0 Å². The Bertz CT molecular complexity index is 335. The molecule has 0 aliphatic heterocycles. The molecule has 82 valence electrons. The molecule has 1 aromatic rings. The molecule has 1 unspecified atom stereocenters. The van der Waals surface area contributed by atoms with E-state index >= 15 is 0 Å². The van der Waals surface area contributed by atoms with Crippen LogP contribution in [0, 0.1) is 0 Å². The maximum Gasteiger partial charge on any atom is 0.0581 e. The molecule has 0 spiro atoms. The lowest BCUT2D eigenvalue weighted by molar-refractivity contribution is 0.0712. The van der Waals surface area contributed by atoms with E-state index < -0.39 is 0 Å². The van der Waals surface area contributed by atoms with E-state index in [1.807, 2.05) is 6.07 Å². The number of rotatable bonds is 3. The number of ether oxygens (including phenoxy) is 1. The predicted octanol–water partition coefficient (Wildman–Crippen LogP) is 1.90. The van der Waals surface area contributed by atoms with Crippen molar-refractivity contribution >= 4 is 0 Å². The van der Waals surface area contributed by atoms with E-state index in [0.717, 1.165) is 19.3 Å². The summed E-state index contributed by atoms with van der Waals surface area (Å²) >= 11 is 0. The second-order valence-electron chi connectivity index (χ2n) is 4.38. The van der Waals surface area contributed by atoms with Gasteiger partial charge in [0.25, 0.3) is 0 Å². The lowest BCUT2D eigenvalue weighted by Gasteiger charge is -2.37. The number of benzene rings is 1. The van der Waals surface area contributed by atoms with Crippen LogP contribution in [0.15, 0.2) is 24.3 Å². The Morgan fingerprint density at radius 3 is 2.93 bits per heavy atom. The summed E-state index contributed by atoms with van der Waals surface area (Å²) in [6, 6.07) is 8.40. The molecule has 1 aliphatic carbocycles. The van der Waals surface area contributed by atoms with Crippen LogP contribution in [0.5, 0.6) is 0 Å². The van der Waals surface area contributed by atoms with E-state index in [1.165, 1.54) is 11.1 Å². The Balaban J connectivity index is 2.42. The lowest BCUT2D eigenvalue weighted by Crippen LogP contribution is -2.39. The standard InChI is InChI=1S/C13H18O2/c1-15-10-13(9-14)8-4-6-11-5-2-3-7-12(11)13/h2-3,5,7,14H,4,6,8-10H2,1H3. The van der Waals surface area contributed by atoms with E-state index in [4.69, 9.17) is 4.74 Å². The summed E-state index contributed by atoms with van der Waals surface area (Å²) in [7, 11) is 1.70. The highest BCUT2D eigenvalue weighted by Gasteiger charge is 2.35. The molecule has 2 nitrogen and oxygen atoms in total. The van der Waals surface area contributed by atoms with Crippen molar-refractivity contribution in [3.05, 3.63) is 35.4 Å². The molecular formula is C13H18O2. The molecule has 15 heavy (non-hydrogen) atoms. The number of aliphatic hydroxyl groups is 1. The van der Waals surface area contributed by atoms with Crippen molar-refractivity contribution < 1.29 is 9.84 Å². The highest BCUT2D eigenvalue weighted by atomic mass is 16.5. The zero-order valence-corrected chi connectivity index (χ0v) is 9.20. The molecule has 1 N–H and O–H groups in total. The smallest absolute Gasteiger partial charge is 0.0581 e. The van der Waals surface area contributed by atoms with Crippen molar-refractivity contribution in [3.8, 4) is 0 Å². The van der Waals surface area contributed by atoms with Crippen molar-refractivity contribution in [1.29, 1.82) is 0 Å². The van der Waals surface area contributed by atoms with Gasteiger partial charge in [-0.1, -0.05) is 24.3 Å². The van der Waals surface area contributed by atoms with Gasteiger partial charge in [0.05, 0.1) is 13.2 Å². The van der Waals surface area contributed by atoms with Gasteiger partial charge in [0.1, 0.15) is 0 Å². The van der Waals surface area contributed by atoms with Gasteiger partial charge in [-0.3, -0.25) is 0 Å². The Kier molecular flexibility index (Phi) is 3.08. The van der Waals surface area contributed by atoms with E-state index in [0.29, 0.717) is 6.61 Å². The topological polar surface area (TPSA) is 29.5 Å². The number of aryl methyl sites for hydroxylation is 1. The van der Waals surface area contributed by atoms with Gasteiger partial charge in [-0.15, -0.1) is 0 Å². The third kappa shape index (κ3) is 1.80. The highest BCUT2D eigenvalue weighted by Crippen LogP contribution is 2.37. The van der Waals surface area contributed by atoms with Crippen LogP contribution in [0.3, 0.4) is 0 Å². The second kappa shape index (κ2) is 4.33. The quantitative estimate of drug-likeness (QED) is 0.818. The maximum absolute atomic E-state index is 9.64. The van der Waals surface area contributed by atoms with Gasteiger partial charge in [0.15, 0.2) is 0 Å². The van der Waals surface area contributed by atoms with Crippen molar-refractivity contribution in [3.63, 3.8) is 0 Å². The average Bonchev–Trinajstić information content (AvgIpc) is 2.30. The molecule has 0 saturated heterocycles. The molecule has 0 amide bonds. The van der Waals surface area contributed by atoms with Gasteiger partial charge in [-0.05, 0) is 30.4 Å². The van der Waals surface area contributed by atoms with E-state index in [2.05, 4.69) is 18.2 Å². The molecule has 1 aromatic carbocycles. The molecular weight excluding hydrogens is 188 g/mol. The monoisotopic (exact) mass is 206 g/mol. The first-order valence-electron chi connectivity index (χ1n) is 5.50. The minimum absolute atomic E-state index is 0.163. The van der Waals surface area contributed by atoms with Crippen LogP contribution >= 0.6 is 0 Å². The summed E-state index contributed by atoms with van der Waals surface area (Å²) in [6.07, 6.45) is 3.29. The fourth-order valence-corrected chi connectivity index (χ4v) is 2.64. The number of hydrogen-bond acceptors (Lipinski definition) is 2. The molecule has 0 radical (unpaired) electrons. The summed E-state index contributed by atoms with van der Waals surface area (Å²) in [4.78, 5) is 0. The van der Waals surface area contributed by atoms with Crippen LogP contribution in [0.4, 0.5) is 0 Å². The lowest BCUT2D eigenvalue weighted by atomic mass is 9.71. The first-order valence-corrected chi connectivity index (χ1v) is 5.50.